The Bertz CT molecular complexity index is 742. The number of aliphatic imine (C=N–C) groups is 1. The second-order valence-corrected chi connectivity index (χ2v) is 5.37. The molecule has 2 aromatic rings. The minimum atomic E-state index is -4.62. The molecule has 0 fully saturated rings. The van der Waals surface area contributed by atoms with Crippen molar-refractivity contribution in [1.82, 2.24) is 20.4 Å². The molecule has 0 aliphatic rings. The van der Waals surface area contributed by atoms with Gasteiger partial charge in [0.15, 0.2) is 5.96 Å². The fourth-order valence-electron chi connectivity index (χ4n) is 2.21. The van der Waals surface area contributed by atoms with Crippen LogP contribution in [0.4, 0.5) is 17.6 Å². The van der Waals surface area contributed by atoms with E-state index in [2.05, 4.69) is 20.7 Å². The Labute approximate surface area is 165 Å². The first-order valence-electron chi connectivity index (χ1n) is 7.65. The zero-order valence-corrected chi connectivity index (χ0v) is 16.6. The summed E-state index contributed by atoms with van der Waals surface area (Å²) in [6, 6.07) is 2.62. The van der Waals surface area contributed by atoms with Gasteiger partial charge in [-0.15, -0.1) is 24.0 Å². The Balaban J connectivity index is 0.00000338. The Kier molecular flexibility index (Phi) is 8.31. The lowest BCUT2D eigenvalue weighted by Gasteiger charge is -2.15. The second-order valence-electron chi connectivity index (χ2n) is 5.37. The molecule has 0 saturated carbocycles. The molecule has 0 spiro atoms. The fraction of sp³-hybridized carbons (Fsp3) is 0.375. The van der Waals surface area contributed by atoms with E-state index in [1.807, 2.05) is 6.92 Å². The molecule has 0 aliphatic heterocycles. The number of alkyl halides is 3. The van der Waals surface area contributed by atoms with E-state index in [9.17, 15) is 17.6 Å². The van der Waals surface area contributed by atoms with E-state index in [1.54, 1.807) is 24.1 Å². The molecule has 0 bridgehead atoms. The van der Waals surface area contributed by atoms with Gasteiger partial charge in [0.25, 0.3) is 0 Å². The fourth-order valence-corrected chi connectivity index (χ4v) is 2.21. The van der Waals surface area contributed by atoms with Gasteiger partial charge in [0.05, 0.1) is 18.3 Å². The molecule has 2 N–H and O–H groups in total. The zero-order chi connectivity index (χ0) is 18.4. The molecule has 0 unspecified atom stereocenters. The maximum absolute atomic E-state index is 13.1. The molecule has 0 amide bonds. The first-order valence-corrected chi connectivity index (χ1v) is 7.65. The van der Waals surface area contributed by atoms with Gasteiger partial charge in [-0.2, -0.15) is 18.3 Å². The van der Waals surface area contributed by atoms with Crippen molar-refractivity contribution in [3.8, 4) is 0 Å². The molecular weight excluding hydrogens is 465 g/mol. The summed E-state index contributed by atoms with van der Waals surface area (Å²) in [6.07, 6.45) is -1.16. The summed E-state index contributed by atoms with van der Waals surface area (Å²) >= 11 is 0. The molecule has 0 radical (unpaired) electrons. The maximum Gasteiger partial charge on any atom is 0.416 e. The summed E-state index contributed by atoms with van der Waals surface area (Å²) in [5.74, 6) is -0.558. The maximum atomic E-state index is 13.1. The van der Waals surface area contributed by atoms with E-state index in [0.29, 0.717) is 25.1 Å². The van der Waals surface area contributed by atoms with Crippen LogP contribution in [-0.4, -0.2) is 22.3 Å². The number of hydrogen-bond acceptors (Lipinski definition) is 2. The normalized spacial score (nSPS) is 11.8. The molecule has 1 aromatic heterocycles. The number of aryl methyl sites for hydroxylation is 1. The number of nitrogens with one attached hydrogen (secondary N) is 2. The van der Waals surface area contributed by atoms with Crippen LogP contribution in [0.3, 0.4) is 0 Å². The van der Waals surface area contributed by atoms with Crippen LogP contribution in [0.2, 0.25) is 0 Å². The summed E-state index contributed by atoms with van der Waals surface area (Å²) in [4.78, 5) is 4.31. The smallest absolute Gasteiger partial charge is 0.357 e. The van der Waals surface area contributed by atoms with Crippen LogP contribution < -0.4 is 10.6 Å². The predicted octanol–water partition coefficient (Wildman–Crippen LogP) is 3.45. The van der Waals surface area contributed by atoms with Gasteiger partial charge in [-0.05, 0) is 24.6 Å². The van der Waals surface area contributed by atoms with Crippen LogP contribution in [-0.2, 0) is 26.3 Å². The zero-order valence-electron chi connectivity index (χ0n) is 14.3. The molecule has 10 heteroatoms. The summed E-state index contributed by atoms with van der Waals surface area (Å²) in [7, 11) is 1.78. The minimum absolute atomic E-state index is 0. The first kappa shape index (κ1) is 22.2. The molecule has 0 aliphatic carbocycles. The Morgan fingerprint density at radius 2 is 2.00 bits per heavy atom. The molecule has 5 nitrogen and oxygen atoms in total. The third kappa shape index (κ3) is 6.46. The monoisotopic (exact) mass is 485 g/mol. The van der Waals surface area contributed by atoms with Gasteiger partial charge < -0.3 is 10.6 Å². The van der Waals surface area contributed by atoms with E-state index >= 15 is 0 Å². The van der Waals surface area contributed by atoms with Crippen LogP contribution in [0.1, 0.15) is 23.6 Å². The topological polar surface area (TPSA) is 54.2 Å². The average Bonchev–Trinajstić information content (AvgIpc) is 2.95. The van der Waals surface area contributed by atoms with Crippen molar-refractivity contribution >= 4 is 29.9 Å². The van der Waals surface area contributed by atoms with E-state index in [-0.39, 0.29) is 36.1 Å². The Hall–Kier alpha value is -1.85. The third-order valence-corrected chi connectivity index (χ3v) is 3.35. The summed E-state index contributed by atoms with van der Waals surface area (Å²) in [6.45, 7) is 2.60. The molecule has 0 atom stereocenters. The van der Waals surface area contributed by atoms with Crippen molar-refractivity contribution in [3.63, 3.8) is 0 Å². The van der Waals surface area contributed by atoms with E-state index in [4.69, 9.17) is 0 Å². The van der Waals surface area contributed by atoms with Gasteiger partial charge in [0.2, 0.25) is 0 Å². The average molecular weight is 485 g/mol. The highest BCUT2D eigenvalue weighted by Crippen LogP contribution is 2.32. The van der Waals surface area contributed by atoms with Gasteiger partial charge in [-0.1, -0.05) is 6.07 Å². The number of hydrogen-bond donors (Lipinski definition) is 2. The number of rotatable bonds is 5. The second kappa shape index (κ2) is 9.74. The lowest BCUT2D eigenvalue weighted by molar-refractivity contribution is -0.138. The lowest BCUT2D eigenvalue weighted by Crippen LogP contribution is -2.37. The molecule has 1 aromatic carbocycles. The summed E-state index contributed by atoms with van der Waals surface area (Å²) in [5, 5.41) is 9.82. The lowest BCUT2D eigenvalue weighted by atomic mass is 10.1. The van der Waals surface area contributed by atoms with Gasteiger partial charge in [0, 0.05) is 31.9 Å². The van der Waals surface area contributed by atoms with E-state index in [1.165, 1.54) is 0 Å². The van der Waals surface area contributed by atoms with Crippen LogP contribution in [0.5, 0.6) is 0 Å². The number of guanidine groups is 1. The molecule has 144 valence electrons. The van der Waals surface area contributed by atoms with Crippen LogP contribution in [0.15, 0.2) is 35.6 Å². The number of halogens is 5. The van der Waals surface area contributed by atoms with E-state index in [0.717, 1.165) is 17.7 Å². The highest BCUT2D eigenvalue weighted by Gasteiger charge is 2.33. The van der Waals surface area contributed by atoms with Crippen LogP contribution in [0.25, 0.3) is 0 Å². The van der Waals surface area contributed by atoms with Crippen LogP contribution >= 0.6 is 24.0 Å². The Morgan fingerprint density at radius 1 is 1.27 bits per heavy atom. The number of nitrogens with zero attached hydrogens (tertiary/aromatic N) is 3. The highest BCUT2D eigenvalue weighted by molar-refractivity contribution is 14.0. The van der Waals surface area contributed by atoms with E-state index < -0.39 is 17.6 Å². The quantitative estimate of drug-likeness (QED) is 0.296. The SMILES string of the molecule is CCNC(=NCc1cnn(C)c1)NCc1ccc(F)cc1C(F)(F)F.I. The number of benzene rings is 1. The van der Waals surface area contributed by atoms with Gasteiger partial charge >= 0.3 is 6.18 Å². The predicted molar refractivity (Wildman–Crippen MR) is 102 cm³/mol. The van der Waals surface area contributed by atoms with Crippen molar-refractivity contribution in [2.45, 2.75) is 26.2 Å². The van der Waals surface area contributed by atoms with Crippen LogP contribution in [0, 0.1) is 5.82 Å². The van der Waals surface area contributed by atoms with Gasteiger partial charge in [0.1, 0.15) is 5.82 Å². The Morgan fingerprint density at radius 3 is 2.58 bits per heavy atom. The van der Waals surface area contributed by atoms with Gasteiger partial charge in [-0.3, -0.25) is 4.68 Å². The molecule has 2 rings (SSSR count). The summed E-state index contributed by atoms with van der Waals surface area (Å²) < 4.78 is 53.9. The van der Waals surface area contributed by atoms with Crippen molar-refractivity contribution in [1.29, 1.82) is 0 Å². The number of aromatic nitrogens is 2. The first-order chi connectivity index (χ1) is 11.8. The van der Waals surface area contributed by atoms with Crippen molar-refractivity contribution in [2.75, 3.05) is 6.54 Å². The molecular formula is C16H20F4IN5. The largest absolute Gasteiger partial charge is 0.416 e. The van der Waals surface area contributed by atoms with Gasteiger partial charge in [-0.25, -0.2) is 9.38 Å². The van der Waals surface area contributed by atoms with Crippen molar-refractivity contribution in [2.24, 2.45) is 12.0 Å². The van der Waals surface area contributed by atoms with Crippen molar-refractivity contribution < 1.29 is 17.6 Å². The summed E-state index contributed by atoms with van der Waals surface area (Å²) in [5.41, 5.74) is -0.179. The molecule has 0 saturated heterocycles. The highest BCUT2D eigenvalue weighted by atomic mass is 127. The van der Waals surface area contributed by atoms with Crippen molar-refractivity contribution in [3.05, 3.63) is 53.1 Å². The minimum Gasteiger partial charge on any atom is -0.357 e. The third-order valence-electron chi connectivity index (χ3n) is 3.35. The molecule has 1 heterocycles. The standard InChI is InChI=1S/C16H19F4N5.HI/c1-3-21-15(22-7-11-8-24-25(2)10-11)23-9-12-4-5-13(17)6-14(12)16(18,19)20;/h4-6,8,10H,3,7,9H2,1-2H3,(H2,21,22,23);1H. The molecule has 26 heavy (non-hydrogen) atoms.